The van der Waals surface area contributed by atoms with Gasteiger partial charge in [-0.15, -0.1) is 13.2 Å². The van der Waals surface area contributed by atoms with E-state index in [0.717, 1.165) is 30.2 Å². The van der Waals surface area contributed by atoms with Crippen molar-refractivity contribution in [2.75, 3.05) is 12.0 Å². The minimum absolute atomic E-state index is 0.0286. The fourth-order valence-electron chi connectivity index (χ4n) is 5.31. The highest BCUT2D eigenvalue weighted by Gasteiger charge is 2.48. The first kappa shape index (κ1) is 34.0. The van der Waals surface area contributed by atoms with Crippen LogP contribution in [0.1, 0.15) is 68.3 Å². The second kappa shape index (κ2) is 11.8. The minimum atomic E-state index is -5.17. The number of carbonyl (C=O) groups is 2. The number of alkyl halides is 9. The lowest BCUT2D eigenvalue weighted by Gasteiger charge is -2.44. The number of hydrogen-bond acceptors (Lipinski definition) is 5. The summed E-state index contributed by atoms with van der Waals surface area (Å²) in [6.45, 7) is 3.97. The molecule has 0 N–H and O–H groups in total. The number of rotatable bonds is 5. The molecule has 16 heteroatoms. The molecule has 2 aliphatic rings. The van der Waals surface area contributed by atoms with Crippen LogP contribution < -0.4 is 9.64 Å². The molecule has 0 aromatic heterocycles. The molecule has 0 saturated heterocycles. The van der Waals surface area contributed by atoms with Crippen LogP contribution in [-0.2, 0) is 28.4 Å². The van der Waals surface area contributed by atoms with Crippen LogP contribution in [0.2, 0.25) is 0 Å². The number of fused-ring (bicyclic) bond motifs is 1. The van der Waals surface area contributed by atoms with Gasteiger partial charge in [-0.25, -0.2) is 9.59 Å². The van der Waals surface area contributed by atoms with E-state index in [1.807, 2.05) is 0 Å². The number of nitrogens with zero attached hydrogens (tertiary/aromatic N) is 2. The van der Waals surface area contributed by atoms with Gasteiger partial charge in [-0.3, -0.25) is 9.80 Å². The molecule has 0 bridgehead atoms. The summed E-state index contributed by atoms with van der Waals surface area (Å²) < 4.78 is 135. The van der Waals surface area contributed by atoms with Gasteiger partial charge in [-0.1, -0.05) is 0 Å². The number of halogens is 9. The van der Waals surface area contributed by atoms with Gasteiger partial charge in [0.1, 0.15) is 11.4 Å². The summed E-state index contributed by atoms with van der Waals surface area (Å²) in [6.07, 6.45) is -16.3. The van der Waals surface area contributed by atoms with Crippen molar-refractivity contribution in [1.29, 1.82) is 0 Å². The standard InChI is InChI=1S/C29H29F9N2O5/c1-26(2,3)45-25(42)40-21-8-7-19(44-29(36,37)38)12-20(21)23(13-22(40)16-5-6-16)39(24(41)43-4)14-15-9-17(27(30,31)32)11-18(10-15)28(33,34)35/h7-12,16,22-23H,5-6,13-14H2,1-4H3/t22-,23-/m0/s1. The number of amides is 2. The fourth-order valence-corrected chi connectivity index (χ4v) is 5.31. The van der Waals surface area contributed by atoms with Gasteiger partial charge in [0.15, 0.2) is 0 Å². The van der Waals surface area contributed by atoms with Crippen molar-refractivity contribution in [3.8, 4) is 5.75 Å². The molecular weight excluding hydrogens is 627 g/mol. The Morgan fingerprint density at radius 1 is 0.889 bits per heavy atom. The highest BCUT2D eigenvalue weighted by molar-refractivity contribution is 5.91. The number of anilines is 1. The van der Waals surface area contributed by atoms with Crippen LogP contribution >= 0.6 is 0 Å². The molecule has 7 nitrogen and oxygen atoms in total. The highest BCUT2D eigenvalue weighted by Crippen LogP contribution is 2.50. The second-order valence-corrected chi connectivity index (χ2v) is 11.8. The van der Waals surface area contributed by atoms with Crippen LogP contribution in [-0.4, -0.2) is 42.2 Å². The van der Waals surface area contributed by atoms with Gasteiger partial charge < -0.3 is 14.2 Å². The van der Waals surface area contributed by atoms with Crippen LogP contribution in [0.3, 0.4) is 0 Å². The summed E-state index contributed by atoms with van der Waals surface area (Å²) >= 11 is 0. The number of hydrogen-bond donors (Lipinski definition) is 0. The topological polar surface area (TPSA) is 68.3 Å². The molecule has 2 amide bonds. The first-order chi connectivity index (χ1) is 20.6. The molecule has 0 spiro atoms. The average Bonchev–Trinajstić information content (AvgIpc) is 3.73. The molecule has 0 unspecified atom stereocenters. The lowest BCUT2D eigenvalue weighted by atomic mass is 9.87. The van der Waals surface area contributed by atoms with E-state index in [2.05, 4.69) is 4.74 Å². The Kier molecular flexibility index (Phi) is 8.94. The highest BCUT2D eigenvalue weighted by atomic mass is 19.4. The molecule has 45 heavy (non-hydrogen) atoms. The van der Waals surface area contributed by atoms with Gasteiger partial charge >= 0.3 is 30.9 Å². The van der Waals surface area contributed by atoms with Crippen LogP contribution in [0.5, 0.6) is 5.75 Å². The number of carbonyl (C=O) groups excluding carboxylic acids is 2. The van der Waals surface area contributed by atoms with Crippen molar-refractivity contribution in [1.82, 2.24) is 4.90 Å². The van der Waals surface area contributed by atoms with E-state index in [1.165, 1.54) is 4.90 Å². The van der Waals surface area contributed by atoms with Gasteiger partial charge in [-0.2, -0.15) is 26.3 Å². The van der Waals surface area contributed by atoms with Crippen LogP contribution in [0.15, 0.2) is 36.4 Å². The lowest BCUT2D eigenvalue weighted by molar-refractivity contribution is -0.274. The molecule has 2 atom stereocenters. The maximum Gasteiger partial charge on any atom is 0.573 e. The van der Waals surface area contributed by atoms with Gasteiger partial charge in [0.2, 0.25) is 0 Å². The van der Waals surface area contributed by atoms with Crippen molar-refractivity contribution in [3.63, 3.8) is 0 Å². The first-order valence-electron chi connectivity index (χ1n) is 13.6. The molecule has 0 radical (unpaired) electrons. The van der Waals surface area contributed by atoms with E-state index in [9.17, 15) is 49.1 Å². The maximum atomic E-state index is 13.6. The van der Waals surface area contributed by atoms with Crippen LogP contribution in [0.4, 0.5) is 54.8 Å². The quantitative estimate of drug-likeness (QED) is 0.301. The SMILES string of the molecule is COC(=O)N(Cc1cc(C(F)(F)F)cc(C(F)(F)F)c1)[C@H]1C[C@@H](C2CC2)N(C(=O)OC(C)(C)C)c2ccc(OC(F)(F)F)cc21. The summed E-state index contributed by atoms with van der Waals surface area (Å²) in [6, 6.07) is 1.89. The summed E-state index contributed by atoms with van der Waals surface area (Å²) in [5, 5.41) is 0. The van der Waals surface area contributed by atoms with Gasteiger partial charge in [0, 0.05) is 18.2 Å². The second-order valence-electron chi connectivity index (χ2n) is 11.8. The maximum absolute atomic E-state index is 13.6. The van der Waals surface area contributed by atoms with E-state index in [0.29, 0.717) is 25.0 Å². The third-order valence-electron chi connectivity index (χ3n) is 7.19. The Balaban J connectivity index is 1.88. The predicted molar refractivity (Wildman–Crippen MR) is 140 cm³/mol. The average molecular weight is 657 g/mol. The fraction of sp³-hybridized carbons (Fsp3) is 0.517. The molecule has 248 valence electrons. The molecule has 1 saturated carbocycles. The third kappa shape index (κ3) is 8.25. The van der Waals surface area contributed by atoms with E-state index in [4.69, 9.17) is 9.47 Å². The van der Waals surface area contributed by atoms with Crippen LogP contribution in [0.25, 0.3) is 0 Å². The van der Waals surface area contributed by atoms with Crippen molar-refractivity contribution in [2.24, 2.45) is 5.92 Å². The van der Waals surface area contributed by atoms with Crippen molar-refractivity contribution in [2.45, 2.75) is 83.0 Å². The smallest absolute Gasteiger partial charge is 0.453 e. The van der Waals surface area contributed by atoms with E-state index < -0.39 is 77.6 Å². The van der Waals surface area contributed by atoms with E-state index in [-0.39, 0.29) is 29.7 Å². The Bertz CT molecular complexity index is 1400. The van der Waals surface area contributed by atoms with Gasteiger partial charge in [0.05, 0.1) is 30.0 Å². The van der Waals surface area contributed by atoms with Crippen molar-refractivity contribution < 1.29 is 63.3 Å². The normalized spacial score (nSPS) is 19.1. The van der Waals surface area contributed by atoms with E-state index >= 15 is 0 Å². The van der Waals surface area contributed by atoms with Gasteiger partial charge in [-0.05, 0) is 87.9 Å². The zero-order valence-corrected chi connectivity index (χ0v) is 24.4. The molecule has 2 aromatic carbocycles. The van der Waals surface area contributed by atoms with Crippen molar-refractivity contribution >= 4 is 17.9 Å². The van der Waals surface area contributed by atoms with Crippen molar-refractivity contribution in [3.05, 3.63) is 58.7 Å². The minimum Gasteiger partial charge on any atom is -0.453 e. The molecule has 2 aromatic rings. The number of methoxy groups -OCH3 is 1. The summed E-state index contributed by atoms with van der Waals surface area (Å²) in [5.41, 5.74) is -4.83. The van der Waals surface area contributed by atoms with E-state index in [1.54, 1.807) is 20.8 Å². The Morgan fingerprint density at radius 3 is 1.93 bits per heavy atom. The molecule has 1 fully saturated rings. The number of benzene rings is 2. The Labute approximate surface area is 251 Å². The summed E-state index contributed by atoms with van der Waals surface area (Å²) in [4.78, 5) is 28.7. The third-order valence-corrected chi connectivity index (χ3v) is 7.19. The number of ether oxygens (including phenoxy) is 3. The van der Waals surface area contributed by atoms with Gasteiger partial charge in [0.25, 0.3) is 0 Å². The van der Waals surface area contributed by atoms with Crippen LogP contribution in [0, 0.1) is 5.92 Å². The monoisotopic (exact) mass is 656 g/mol. The molecular formula is C29H29F9N2O5. The largest absolute Gasteiger partial charge is 0.573 e. The predicted octanol–water partition coefficient (Wildman–Crippen LogP) is 8.86. The first-order valence-corrected chi connectivity index (χ1v) is 13.6. The summed E-state index contributed by atoms with van der Waals surface area (Å²) in [7, 11) is 0.931. The molecule has 1 heterocycles. The zero-order chi connectivity index (χ0) is 33.7. The zero-order valence-electron chi connectivity index (χ0n) is 24.4. The summed E-state index contributed by atoms with van der Waals surface area (Å²) in [5.74, 6) is -0.868. The molecule has 1 aliphatic carbocycles. The molecule has 1 aliphatic heterocycles. The lowest BCUT2D eigenvalue weighted by Crippen LogP contribution is -2.51. The Morgan fingerprint density at radius 2 is 1.47 bits per heavy atom. The Hall–Kier alpha value is -3.85. The molecule has 4 rings (SSSR count).